The van der Waals surface area contributed by atoms with Crippen molar-refractivity contribution in [2.75, 3.05) is 13.1 Å². The molecule has 4 rings (SSSR count). The van der Waals surface area contributed by atoms with E-state index >= 15 is 0 Å². The van der Waals surface area contributed by atoms with Crippen molar-refractivity contribution in [3.05, 3.63) is 40.9 Å². The molecule has 0 radical (unpaired) electrons. The van der Waals surface area contributed by atoms with Crippen LogP contribution in [-0.2, 0) is 18.3 Å². The van der Waals surface area contributed by atoms with Gasteiger partial charge in [0.25, 0.3) is 5.91 Å². The molecule has 2 aliphatic heterocycles. The van der Waals surface area contributed by atoms with E-state index in [4.69, 9.17) is 16.3 Å². The van der Waals surface area contributed by atoms with Crippen LogP contribution in [0.2, 0.25) is 5.02 Å². The van der Waals surface area contributed by atoms with Crippen LogP contribution in [0.5, 0.6) is 5.75 Å². The van der Waals surface area contributed by atoms with Gasteiger partial charge in [0.05, 0.1) is 0 Å². The second kappa shape index (κ2) is 6.09. The van der Waals surface area contributed by atoms with E-state index < -0.39 is 6.10 Å². The van der Waals surface area contributed by atoms with E-state index in [1.807, 2.05) is 28.6 Å². The van der Waals surface area contributed by atoms with Crippen molar-refractivity contribution in [3.63, 3.8) is 0 Å². The lowest BCUT2D eigenvalue weighted by Crippen LogP contribution is -2.46. The molecule has 3 heterocycles. The summed E-state index contributed by atoms with van der Waals surface area (Å²) in [6, 6.07) is 5.50. The fraction of sp³-hybridized carbons (Fsp3) is 0.471. The first-order chi connectivity index (χ1) is 11.6. The highest BCUT2D eigenvalue weighted by atomic mass is 35.5. The number of hydrogen-bond acceptors (Lipinski definition) is 4. The Balaban J connectivity index is 1.46. The van der Waals surface area contributed by atoms with E-state index in [0.29, 0.717) is 18.0 Å². The molecule has 24 heavy (non-hydrogen) atoms. The monoisotopic (exact) mass is 346 g/mol. The highest BCUT2D eigenvalue weighted by Crippen LogP contribution is 2.33. The molecule has 2 aromatic rings. The summed E-state index contributed by atoms with van der Waals surface area (Å²) in [5.74, 6) is 1.98. The number of rotatable bonds is 2. The standard InChI is InChI=1S/C17H19ClN4O2/c1-21-10-19-20-16(21)11-3-2-6-22(9-11)17(23)15-8-12-7-13(18)4-5-14(12)24-15/h4-5,7,10-11,15H,2-3,6,8-9H2,1H3/t11-,15+/m1/s1. The Morgan fingerprint density at radius 2 is 2.29 bits per heavy atom. The molecule has 2 aliphatic rings. The summed E-state index contributed by atoms with van der Waals surface area (Å²) in [6.45, 7) is 1.44. The van der Waals surface area contributed by atoms with Crippen LogP contribution >= 0.6 is 11.6 Å². The maximum atomic E-state index is 12.9. The Morgan fingerprint density at radius 1 is 1.42 bits per heavy atom. The normalized spacial score (nSPS) is 23.0. The minimum atomic E-state index is -0.447. The smallest absolute Gasteiger partial charge is 0.264 e. The van der Waals surface area contributed by atoms with Gasteiger partial charge < -0.3 is 14.2 Å². The van der Waals surface area contributed by atoms with E-state index in [0.717, 1.165) is 36.5 Å². The molecular formula is C17H19ClN4O2. The molecule has 126 valence electrons. The first kappa shape index (κ1) is 15.4. The van der Waals surface area contributed by atoms with Gasteiger partial charge >= 0.3 is 0 Å². The topological polar surface area (TPSA) is 60.2 Å². The number of amides is 1. The molecule has 6 nitrogen and oxygen atoms in total. The number of ether oxygens (including phenoxy) is 1. The van der Waals surface area contributed by atoms with Gasteiger partial charge in [-0.2, -0.15) is 0 Å². The molecule has 7 heteroatoms. The van der Waals surface area contributed by atoms with Crippen LogP contribution < -0.4 is 4.74 Å². The average molecular weight is 347 g/mol. The van der Waals surface area contributed by atoms with Crippen LogP contribution in [0.1, 0.15) is 30.1 Å². The maximum absolute atomic E-state index is 12.9. The Kier molecular flexibility index (Phi) is 3.92. The zero-order valence-electron chi connectivity index (χ0n) is 13.5. The van der Waals surface area contributed by atoms with Crippen molar-refractivity contribution in [3.8, 4) is 5.75 Å². The molecule has 0 aliphatic carbocycles. The van der Waals surface area contributed by atoms with E-state index in [1.165, 1.54) is 0 Å². The van der Waals surface area contributed by atoms with E-state index in [2.05, 4.69) is 10.2 Å². The van der Waals surface area contributed by atoms with Crippen molar-refractivity contribution in [1.29, 1.82) is 0 Å². The lowest BCUT2D eigenvalue weighted by Gasteiger charge is -2.33. The Bertz CT molecular complexity index is 776. The summed E-state index contributed by atoms with van der Waals surface area (Å²) in [4.78, 5) is 14.8. The number of benzene rings is 1. The highest BCUT2D eigenvalue weighted by molar-refractivity contribution is 6.30. The van der Waals surface area contributed by atoms with Crippen molar-refractivity contribution >= 4 is 17.5 Å². The number of nitrogens with zero attached hydrogens (tertiary/aromatic N) is 4. The number of aromatic nitrogens is 3. The van der Waals surface area contributed by atoms with Gasteiger partial charge in [-0.25, -0.2) is 0 Å². The molecule has 1 saturated heterocycles. The van der Waals surface area contributed by atoms with Crippen LogP contribution in [0, 0.1) is 0 Å². The molecule has 0 N–H and O–H groups in total. The van der Waals surface area contributed by atoms with Crippen molar-refractivity contribution < 1.29 is 9.53 Å². The second-order valence-electron chi connectivity index (χ2n) is 6.49. The summed E-state index contributed by atoms with van der Waals surface area (Å²) < 4.78 is 7.78. The van der Waals surface area contributed by atoms with Crippen molar-refractivity contribution in [2.45, 2.75) is 31.3 Å². The molecule has 0 saturated carbocycles. The molecule has 1 aromatic heterocycles. The van der Waals surface area contributed by atoms with Crippen molar-refractivity contribution in [1.82, 2.24) is 19.7 Å². The van der Waals surface area contributed by atoms with Crippen LogP contribution in [0.25, 0.3) is 0 Å². The van der Waals surface area contributed by atoms with E-state index in [-0.39, 0.29) is 11.8 Å². The summed E-state index contributed by atoms with van der Waals surface area (Å²) in [5.41, 5.74) is 1.00. The first-order valence-corrected chi connectivity index (χ1v) is 8.57. The zero-order chi connectivity index (χ0) is 16.7. The average Bonchev–Trinajstić information content (AvgIpc) is 3.20. The van der Waals surface area contributed by atoms with Gasteiger partial charge in [0.2, 0.25) is 0 Å². The molecule has 1 aromatic carbocycles. The van der Waals surface area contributed by atoms with Crippen molar-refractivity contribution in [2.24, 2.45) is 7.05 Å². The molecule has 0 bridgehead atoms. The number of carbonyl (C=O) groups excluding carboxylic acids is 1. The molecule has 0 unspecified atom stereocenters. The van der Waals surface area contributed by atoms with Gasteiger partial charge in [0.15, 0.2) is 6.10 Å². The molecule has 0 spiro atoms. The minimum Gasteiger partial charge on any atom is -0.480 e. The minimum absolute atomic E-state index is 0.0502. The van der Waals surface area contributed by atoms with Gasteiger partial charge in [-0.1, -0.05) is 11.6 Å². The van der Waals surface area contributed by atoms with Gasteiger partial charge in [-0.3, -0.25) is 4.79 Å². The van der Waals surface area contributed by atoms with E-state index in [1.54, 1.807) is 12.4 Å². The quantitative estimate of drug-likeness (QED) is 0.836. The van der Waals surface area contributed by atoms with E-state index in [9.17, 15) is 4.79 Å². The number of carbonyl (C=O) groups is 1. The van der Waals surface area contributed by atoms with Gasteiger partial charge in [0, 0.05) is 37.5 Å². The summed E-state index contributed by atoms with van der Waals surface area (Å²) >= 11 is 6.02. The molecule has 2 atom stereocenters. The van der Waals surface area contributed by atoms with Crippen LogP contribution in [0.15, 0.2) is 24.5 Å². The Morgan fingerprint density at radius 3 is 3.08 bits per heavy atom. The maximum Gasteiger partial charge on any atom is 0.264 e. The molecular weight excluding hydrogens is 328 g/mol. The second-order valence-corrected chi connectivity index (χ2v) is 6.92. The fourth-order valence-corrected chi connectivity index (χ4v) is 3.80. The van der Waals surface area contributed by atoms with Gasteiger partial charge in [0.1, 0.15) is 17.9 Å². The summed E-state index contributed by atoms with van der Waals surface area (Å²) in [6.07, 6.45) is 3.83. The number of fused-ring (bicyclic) bond motifs is 1. The summed E-state index contributed by atoms with van der Waals surface area (Å²) in [7, 11) is 1.94. The number of hydrogen-bond donors (Lipinski definition) is 0. The Labute approximate surface area is 145 Å². The van der Waals surface area contributed by atoms with Crippen LogP contribution in [0.4, 0.5) is 0 Å². The summed E-state index contributed by atoms with van der Waals surface area (Å²) in [5, 5.41) is 8.83. The number of aryl methyl sites for hydroxylation is 1. The number of halogens is 1. The predicted octanol–water partition coefficient (Wildman–Crippen LogP) is 2.18. The molecule has 1 amide bonds. The lowest BCUT2D eigenvalue weighted by atomic mass is 9.96. The lowest BCUT2D eigenvalue weighted by molar-refractivity contribution is -0.139. The highest BCUT2D eigenvalue weighted by Gasteiger charge is 2.35. The SMILES string of the molecule is Cn1cnnc1[C@@H]1CCCN(C(=O)[C@@H]2Cc3cc(Cl)ccc3O2)C1. The third kappa shape index (κ3) is 2.75. The third-order valence-electron chi connectivity index (χ3n) is 4.82. The Hall–Kier alpha value is -2.08. The third-order valence-corrected chi connectivity index (χ3v) is 5.05. The molecule has 1 fully saturated rings. The number of piperidine rings is 1. The van der Waals surface area contributed by atoms with Gasteiger partial charge in [-0.15, -0.1) is 10.2 Å². The van der Waals surface area contributed by atoms with Crippen LogP contribution in [-0.4, -0.2) is 44.8 Å². The van der Waals surface area contributed by atoms with Gasteiger partial charge in [-0.05, 0) is 36.6 Å². The first-order valence-electron chi connectivity index (χ1n) is 8.19. The predicted molar refractivity (Wildman–Crippen MR) is 89.1 cm³/mol. The number of likely N-dealkylation sites (tertiary alicyclic amines) is 1. The fourth-order valence-electron chi connectivity index (χ4n) is 3.61. The zero-order valence-corrected chi connectivity index (χ0v) is 14.2. The van der Waals surface area contributed by atoms with Crippen LogP contribution in [0.3, 0.4) is 0 Å². The largest absolute Gasteiger partial charge is 0.480 e.